The van der Waals surface area contributed by atoms with E-state index in [2.05, 4.69) is 19.1 Å². The van der Waals surface area contributed by atoms with Crippen LogP contribution in [0.3, 0.4) is 0 Å². The molecule has 6 nitrogen and oxygen atoms in total. The van der Waals surface area contributed by atoms with Crippen LogP contribution in [0.1, 0.15) is 129 Å². The van der Waals surface area contributed by atoms with Gasteiger partial charge in [-0.25, -0.2) is 0 Å². The van der Waals surface area contributed by atoms with E-state index in [-0.39, 0.29) is 18.9 Å². The van der Waals surface area contributed by atoms with Crippen molar-refractivity contribution >= 4 is 11.8 Å². The lowest BCUT2D eigenvalue weighted by Crippen LogP contribution is -2.47. The van der Waals surface area contributed by atoms with Gasteiger partial charge in [0.25, 0.3) is 5.91 Å². The number of allylic oxidation sites excluding steroid dienone is 2. The first-order valence-corrected chi connectivity index (χ1v) is 13.9. The van der Waals surface area contributed by atoms with Crippen molar-refractivity contribution in [2.24, 2.45) is 0 Å². The summed E-state index contributed by atoms with van der Waals surface area (Å²) in [5.74, 6) is -1.05. The number of unbranched alkanes of at least 4 members (excludes halogenated alkanes) is 13. The molecule has 2 unspecified atom stereocenters. The highest BCUT2D eigenvalue weighted by Crippen LogP contribution is 2.13. The van der Waals surface area contributed by atoms with Gasteiger partial charge in [0.05, 0.1) is 19.3 Å². The zero-order chi connectivity index (χ0) is 25.4. The lowest BCUT2D eigenvalue weighted by atomic mass is 10.1. The maximum atomic E-state index is 12.6. The molecule has 0 aliphatic heterocycles. The minimum atomic E-state index is -1.24. The molecule has 0 fully saturated rings. The van der Waals surface area contributed by atoms with Gasteiger partial charge in [-0.15, -0.1) is 0 Å². The molecular weight excluding hydrogens is 430 g/mol. The van der Waals surface area contributed by atoms with Crippen molar-refractivity contribution in [3.8, 4) is 0 Å². The topological polar surface area (TPSA) is 98.1 Å². The zero-order valence-electron chi connectivity index (χ0n) is 22.1. The molecule has 0 saturated carbocycles. The Bertz CT molecular complexity index is 523. The van der Waals surface area contributed by atoms with E-state index in [0.29, 0.717) is 19.3 Å². The highest BCUT2D eigenvalue weighted by Gasteiger charge is 2.28. The molecule has 0 rings (SSSR count). The van der Waals surface area contributed by atoms with Gasteiger partial charge in [-0.2, -0.15) is 0 Å². The average molecular weight is 484 g/mol. The Morgan fingerprint density at radius 2 is 1.24 bits per heavy atom. The van der Waals surface area contributed by atoms with Crippen LogP contribution in [-0.4, -0.2) is 57.4 Å². The molecule has 0 aromatic carbocycles. The third kappa shape index (κ3) is 18.1. The fraction of sp³-hybridized carbons (Fsp3) is 0.857. The molecule has 0 radical (unpaired) electrons. The Kier molecular flexibility index (Phi) is 22.6. The molecule has 0 saturated heterocycles. The third-order valence-electron chi connectivity index (χ3n) is 6.19. The Balaban J connectivity index is 4.05. The number of carbonyl (C=O) groups is 2. The summed E-state index contributed by atoms with van der Waals surface area (Å²) in [5, 5.41) is 29.0. The molecule has 0 aliphatic carbocycles. The zero-order valence-corrected chi connectivity index (χ0v) is 22.1. The van der Waals surface area contributed by atoms with E-state index in [9.17, 15) is 19.8 Å². The second-order valence-electron chi connectivity index (χ2n) is 9.52. The van der Waals surface area contributed by atoms with Crippen LogP contribution in [-0.2, 0) is 9.59 Å². The number of imide groups is 1. The van der Waals surface area contributed by atoms with Crippen LogP contribution in [0.2, 0.25) is 0 Å². The number of carbonyl (C=O) groups excluding carboxylic acids is 2. The number of rotatable bonds is 23. The summed E-state index contributed by atoms with van der Waals surface area (Å²) in [6, 6.07) is 0. The molecule has 0 aliphatic rings. The van der Waals surface area contributed by atoms with Crippen LogP contribution < -0.4 is 0 Å². The number of hydrogen-bond acceptors (Lipinski definition) is 5. The molecule has 0 heterocycles. The van der Waals surface area contributed by atoms with E-state index in [4.69, 9.17) is 5.11 Å². The normalized spacial score (nSPS) is 13.3. The van der Waals surface area contributed by atoms with Gasteiger partial charge in [-0.1, -0.05) is 96.6 Å². The van der Waals surface area contributed by atoms with Crippen molar-refractivity contribution in [1.29, 1.82) is 0 Å². The molecule has 0 aromatic rings. The van der Waals surface area contributed by atoms with Gasteiger partial charge in [0.2, 0.25) is 5.91 Å². The number of hydrogen-bond donors (Lipinski definition) is 3. The minimum absolute atomic E-state index is 0.212. The summed E-state index contributed by atoms with van der Waals surface area (Å²) in [6.45, 7) is 3.48. The van der Waals surface area contributed by atoms with E-state index in [1.165, 1.54) is 44.9 Å². The molecule has 6 heteroatoms. The van der Waals surface area contributed by atoms with Crippen LogP contribution in [0.5, 0.6) is 0 Å². The number of aliphatic hydroxyl groups is 3. The summed E-state index contributed by atoms with van der Waals surface area (Å²) >= 11 is 0. The van der Waals surface area contributed by atoms with Crippen LogP contribution in [0.15, 0.2) is 12.2 Å². The Morgan fingerprint density at radius 3 is 1.79 bits per heavy atom. The van der Waals surface area contributed by atoms with Gasteiger partial charge in [0.15, 0.2) is 0 Å². The summed E-state index contributed by atoms with van der Waals surface area (Å²) in [6.07, 6.45) is 20.5. The first-order chi connectivity index (χ1) is 16.5. The highest BCUT2D eigenvalue weighted by atomic mass is 16.3. The highest BCUT2D eigenvalue weighted by molar-refractivity contribution is 5.97. The molecule has 2 amide bonds. The summed E-state index contributed by atoms with van der Waals surface area (Å²) in [5.41, 5.74) is 0. The first-order valence-electron chi connectivity index (χ1n) is 13.9. The van der Waals surface area contributed by atoms with Gasteiger partial charge in [0, 0.05) is 6.42 Å². The van der Waals surface area contributed by atoms with Crippen molar-refractivity contribution in [1.82, 2.24) is 4.90 Å². The number of aliphatic hydroxyl groups excluding tert-OH is 3. The minimum Gasteiger partial charge on any atom is -0.394 e. The molecule has 0 aromatic heterocycles. The van der Waals surface area contributed by atoms with Crippen molar-refractivity contribution < 1.29 is 24.9 Å². The standard InChI is InChI=1S/C28H53NO5/c1-3-5-7-8-9-10-11-12-13-14-15-16-17-18-20-22-27(33)29(23-25(31)24-30)28(34)26(32)21-19-6-4-2/h12-13,25-26,30-32H,3-11,14-24H2,1-2H3. The summed E-state index contributed by atoms with van der Waals surface area (Å²) in [4.78, 5) is 26.1. The first kappa shape index (κ1) is 32.8. The molecule has 2 atom stereocenters. The van der Waals surface area contributed by atoms with E-state index >= 15 is 0 Å². The van der Waals surface area contributed by atoms with Crippen LogP contribution in [0.25, 0.3) is 0 Å². The quantitative estimate of drug-likeness (QED) is 0.128. The second kappa shape index (κ2) is 23.5. The van der Waals surface area contributed by atoms with Gasteiger partial charge in [0.1, 0.15) is 6.10 Å². The Labute approximate surface area is 208 Å². The molecular formula is C28H53NO5. The SMILES string of the molecule is CCCCCCCCC=CCCCCCCCC(=O)N(CC(O)CO)C(=O)C(O)CCCCC. The van der Waals surface area contributed by atoms with Crippen LogP contribution >= 0.6 is 0 Å². The van der Waals surface area contributed by atoms with Gasteiger partial charge >= 0.3 is 0 Å². The van der Waals surface area contributed by atoms with E-state index < -0.39 is 24.7 Å². The monoisotopic (exact) mass is 483 g/mol. The molecule has 0 bridgehead atoms. The Hall–Kier alpha value is -1.24. The molecule has 34 heavy (non-hydrogen) atoms. The number of nitrogens with zero attached hydrogens (tertiary/aromatic N) is 1. The second-order valence-corrected chi connectivity index (χ2v) is 9.52. The van der Waals surface area contributed by atoms with Crippen molar-refractivity contribution in [3.63, 3.8) is 0 Å². The lowest BCUT2D eigenvalue weighted by Gasteiger charge is -2.25. The van der Waals surface area contributed by atoms with Gasteiger partial charge in [-0.05, 0) is 38.5 Å². The summed E-state index contributed by atoms with van der Waals surface area (Å²) in [7, 11) is 0. The maximum absolute atomic E-state index is 12.6. The predicted molar refractivity (Wildman–Crippen MR) is 139 cm³/mol. The molecule has 200 valence electrons. The van der Waals surface area contributed by atoms with Gasteiger partial charge < -0.3 is 15.3 Å². The largest absolute Gasteiger partial charge is 0.394 e. The van der Waals surface area contributed by atoms with Crippen molar-refractivity contribution in [2.75, 3.05) is 13.2 Å². The van der Waals surface area contributed by atoms with Gasteiger partial charge in [-0.3, -0.25) is 14.5 Å². The van der Waals surface area contributed by atoms with E-state index in [0.717, 1.165) is 49.8 Å². The fourth-order valence-electron chi connectivity index (χ4n) is 3.96. The summed E-state index contributed by atoms with van der Waals surface area (Å²) < 4.78 is 0. The lowest BCUT2D eigenvalue weighted by molar-refractivity contribution is -0.153. The third-order valence-corrected chi connectivity index (χ3v) is 6.19. The average Bonchev–Trinajstić information content (AvgIpc) is 2.84. The Morgan fingerprint density at radius 1 is 0.735 bits per heavy atom. The van der Waals surface area contributed by atoms with Crippen LogP contribution in [0.4, 0.5) is 0 Å². The van der Waals surface area contributed by atoms with E-state index in [1.54, 1.807) is 0 Å². The maximum Gasteiger partial charge on any atom is 0.258 e. The molecule has 3 N–H and O–H groups in total. The number of amides is 2. The smallest absolute Gasteiger partial charge is 0.258 e. The van der Waals surface area contributed by atoms with Crippen LogP contribution in [0, 0.1) is 0 Å². The molecule has 0 spiro atoms. The van der Waals surface area contributed by atoms with Crippen molar-refractivity contribution in [2.45, 2.75) is 142 Å². The van der Waals surface area contributed by atoms with Crippen molar-refractivity contribution in [3.05, 3.63) is 12.2 Å². The fourth-order valence-corrected chi connectivity index (χ4v) is 3.96. The van der Waals surface area contributed by atoms with E-state index in [1.807, 2.05) is 6.92 Å². The predicted octanol–water partition coefficient (Wildman–Crippen LogP) is 5.67.